The van der Waals surface area contributed by atoms with Gasteiger partial charge in [-0.2, -0.15) is 0 Å². The molecule has 0 bridgehead atoms. The Morgan fingerprint density at radius 2 is 0.723 bits per heavy atom. The number of halogens is 1. The summed E-state index contributed by atoms with van der Waals surface area (Å²) < 4.78 is 18.8. The Kier molecular flexibility index (Phi) is 17.6. The van der Waals surface area contributed by atoms with Gasteiger partial charge in [0.1, 0.15) is 70.9 Å². The van der Waals surface area contributed by atoms with Crippen LogP contribution >= 0.6 is 15.9 Å². The predicted octanol–water partition coefficient (Wildman–Crippen LogP) is 19.3. The summed E-state index contributed by atoms with van der Waals surface area (Å²) in [6, 6.07) is 58.2. The Bertz CT molecular complexity index is 4260. The summed E-state index contributed by atoms with van der Waals surface area (Å²) in [7, 11) is 0. The Hall–Kier alpha value is -9.72. The number of aromatic nitrogens is 6. The van der Waals surface area contributed by atoms with Gasteiger partial charge >= 0.3 is 0 Å². The molecule has 83 heavy (non-hydrogen) atoms. The highest BCUT2D eigenvalue weighted by atomic mass is 79.9. The molecule has 0 aliphatic carbocycles. The van der Waals surface area contributed by atoms with E-state index < -0.39 is 0 Å². The van der Waals surface area contributed by atoms with E-state index >= 15 is 0 Å². The molecule has 0 atom stereocenters. The number of para-hydroxylation sites is 3. The van der Waals surface area contributed by atoms with E-state index in [-0.39, 0.29) is 0 Å². The van der Waals surface area contributed by atoms with Gasteiger partial charge in [-0.15, -0.1) is 0 Å². The first-order valence-electron chi connectivity index (χ1n) is 27.4. The van der Waals surface area contributed by atoms with Crippen LogP contribution in [0.3, 0.4) is 0 Å². The minimum atomic E-state index is 0.762. The fourth-order valence-electron chi connectivity index (χ4n) is 9.24. The molecule has 13 heteroatoms. The molecule has 0 saturated carbocycles. The lowest BCUT2D eigenvalue weighted by Crippen LogP contribution is -2.00. The van der Waals surface area contributed by atoms with Crippen molar-refractivity contribution < 1.29 is 14.2 Å². The number of rotatable bonds is 13. The third kappa shape index (κ3) is 13.9. The highest BCUT2D eigenvalue weighted by Gasteiger charge is 2.14. The van der Waals surface area contributed by atoms with Crippen LogP contribution in [0, 0.1) is 55.4 Å². The van der Waals surface area contributed by atoms with Gasteiger partial charge in [0.2, 0.25) is 0 Å². The van der Waals surface area contributed by atoms with Crippen LogP contribution in [0.5, 0.6) is 34.5 Å². The molecule has 0 unspecified atom stereocenters. The lowest BCUT2D eigenvalue weighted by atomic mass is 10.1. The molecule has 0 saturated heterocycles. The third-order valence-electron chi connectivity index (χ3n) is 14.4. The summed E-state index contributed by atoms with van der Waals surface area (Å²) in [4.78, 5) is 26.6. The van der Waals surface area contributed by atoms with Crippen molar-refractivity contribution in [2.45, 2.75) is 68.7 Å². The molecule has 0 aliphatic rings. The topological polar surface area (TPSA) is 141 Å². The Balaban J connectivity index is 0.000000139. The highest BCUT2D eigenvalue weighted by molar-refractivity contribution is 9.10. The number of nitrogens with zero attached hydrogens (tertiary/aromatic N) is 6. The van der Waals surface area contributed by atoms with Crippen molar-refractivity contribution in [1.29, 1.82) is 0 Å². The van der Waals surface area contributed by atoms with Crippen LogP contribution in [-0.2, 0) is 6.42 Å². The first kappa shape index (κ1) is 56.6. The zero-order valence-corrected chi connectivity index (χ0v) is 49.6. The quantitative estimate of drug-likeness (QED) is 0.101. The van der Waals surface area contributed by atoms with E-state index in [9.17, 15) is 0 Å². The molecule has 0 aliphatic heterocycles. The average Bonchev–Trinajstić information content (AvgIpc) is 3.69. The van der Waals surface area contributed by atoms with E-state index in [0.717, 1.165) is 124 Å². The van der Waals surface area contributed by atoms with Gasteiger partial charge in [-0.25, -0.2) is 29.9 Å². The van der Waals surface area contributed by atoms with E-state index in [1.165, 1.54) is 38.9 Å². The van der Waals surface area contributed by atoms with Gasteiger partial charge in [-0.1, -0.05) is 61.5 Å². The summed E-state index contributed by atoms with van der Waals surface area (Å²) >= 11 is 3.62. The van der Waals surface area contributed by atoms with Crippen molar-refractivity contribution in [3.8, 4) is 34.5 Å². The molecule has 0 spiro atoms. The zero-order valence-electron chi connectivity index (χ0n) is 48.0. The smallest absolute Gasteiger partial charge is 0.141 e. The molecule has 12 aromatic rings. The van der Waals surface area contributed by atoms with E-state index in [4.69, 9.17) is 14.2 Å². The van der Waals surface area contributed by atoms with Crippen molar-refractivity contribution in [2.24, 2.45) is 0 Å². The van der Waals surface area contributed by atoms with Crippen LogP contribution in [0.4, 0.5) is 34.5 Å². The molecule has 12 nitrogen and oxygen atoms in total. The first-order valence-corrected chi connectivity index (χ1v) is 28.2. The number of hydrogen-bond donors (Lipinski definition) is 3. The van der Waals surface area contributed by atoms with Gasteiger partial charge in [0.05, 0.1) is 22.2 Å². The molecular formula is C70H64BrN9O3. The van der Waals surface area contributed by atoms with Crippen molar-refractivity contribution in [2.75, 3.05) is 16.0 Å². The summed E-state index contributed by atoms with van der Waals surface area (Å²) in [5.41, 5.74) is 16.4. The maximum atomic E-state index is 6.04. The summed E-state index contributed by atoms with van der Waals surface area (Å²) in [5, 5.41) is 13.4. The molecule has 3 heterocycles. The predicted molar refractivity (Wildman–Crippen MR) is 342 cm³/mol. The molecule has 414 valence electrons. The minimum Gasteiger partial charge on any atom is -0.457 e. The largest absolute Gasteiger partial charge is 0.457 e. The summed E-state index contributed by atoms with van der Waals surface area (Å²) in [6.07, 6.45) is 5.68. The van der Waals surface area contributed by atoms with Crippen molar-refractivity contribution >= 4 is 83.2 Å². The number of ether oxygens (including phenoxy) is 3. The second-order valence-corrected chi connectivity index (χ2v) is 21.2. The van der Waals surface area contributed by atoms with Crippen LogP contribution in [0.1, 0.15) is 57.0 Å². The van der Waals surface area contributed by atoms with Gasteiger partial charge in [-0.3, -0.25) is 0 Å². The summed E-state index contributed by atoms with van der Waals surface area (Å²) in [5.74, 6) is 7.32. The van der Waals surface area contributed by atoms with Crippen molar-refractivity contribution in [3.63, 3.8) is 0 Å². The van der Waals surface area contributed by atoms with Gasteiger partial charge in [0.15, 0.2) is 0 Å². The molecule has 0 amide bonds. The van der Waals surface area contributed by atoms with E-state index in [1.54, 1.807) is 19.0 Å². The molecule has 0 fully saturated rings. The Morgan fingerprint density at radius 3 is 1.16 bits per heavy atom. The van der Waals surface area contributed by atoms with Crippen LogP contribution in [0.25, 0.3) is 32.7 Å². The van der Waals surface area contributed by atoms with E-state index in [2.05, 4.69) is 179 Å². The standard InChI is InChI=1S/2C24H23N3O.C22H18BrN3O/c1-15-10-20-22(11-16(15)2)25-14-26-24(20)27-21-12-18(4)23(13-17(21)3)28-19-8-6-5-7-9-19;1-4-18-14-20(28-19-8-6-5-7-9-19)10-11-22(18)27-24-21-12-16(2)17(3)13-23(21)25-15-26-24;1-14-10-18-21(11-15(14)2)24-13-25-22(18)26-20-9-8-17(12-19(20)23)27-16-6-4-3-5-7-16/h5-14H,1-4H3,(H,25,26,27);5-15H,4H2,1-3H3,(H,25,26,27);3-13H,1-2H3,(H,24,25,26). The SMILES string of the molecule is CCc1cc(Oc2ccccc2)ccc1Nc1ncnc2cc(C)c(C)cc12.Cc1cc2ncnc(Nc3cc(C)c(Oc4ccccc4)cc3C)c2cc1C.Cc1cc2ncnc(Nc3ccc(Oc4ccccc4)cc3Br)c2cc1C. The maximum Gasteiger partial charge on any atom is 0.141 e. The summed E-state index contributed by atoms with van der Waals surface area (Å²) in [6.45, 7) is 18.9. The lowest BCUT2D eigenvalue weighted by Gasteiger charge is -2.15. The average molecular weight is 1160 g/mol. The van der Waals surface area contributed by atoms with Gasteiger partial charge in [0.25, 0.3) is 0 Å². The van der Waals surface area contributed by atoms with Crippen LogP contribution in [0.15, 0.2) is 199 Å². The molecule has 12 rings (SSSR count). The molecule has 0 radical (unpaired) electrons. The first-order chi connectivity index (χ1) is 40.2. The number of anilines is 6. The van der Waals surface area contributed by atoms with E-state index in [0.29, 0.717) is 0 Å². The number of hydrogen-bond acceptors (Lipinski definition) is 12. The van der Waals surface area contributed by atoms with Crippen LogP contribution in [0.2, 0.25) is 0 Å². The van der Waals surface area contributed by atoms with Crippen LogP contribution in [-0.4, -0.2) is 29.9 Å². The Morgan fingerprint density at radius 1 is 0.337 bits per heavy atom. The highest BCUT2D eigenvalue weighted by Crippen LogP contribution is 2.36. The second-order valence-electron chi connectivity index (χ2n) is 20.4. The monoisotopic (exact) mass is 1160 g/mol. The van der Waals surface area contributed by atoms with Gasteiger partial charge in [-0.05, 0) is 249 Å². The molecular weight excluding hydrogens is 1090 g/mol. The third-order valence-corrected chi connectivity index (χ3v) is 15.0. The second kappa shape index (κ2) is 25.8. The Labute approximate surface area is 493 Å². The molecule has 3 aromatic heterocycles. The molecule has 3 N–H and O–H groups in total. The number of benzene rings is 9. The van der Waals surface area contributed by atoms with E-state index in [1.807, 2.05) is 121 Å². The lowest BCUT2D eigenvalue weighted by molar-refractivity contribution is 0.478. The van der Waals surface area contributed by atoms with Crippen LogP contribution < -0.4 is 30.2 Å². The normalized spacial score (nSPS) is 10.8. The number of nitrogens with one attached hydrogen (secondary N) is 3. The fourth-order valence-corrected chi connectivity index (χ4v) is 9.69. The zero-order chi connectivity index (χ0) is 58.0. The molecule has 9 aromatic carbocycles. The van der Waals surface area contributed by atoms with Gasteiger partial charge < -0.3 is 30.2 Å². The number of fused-ring (bicyclic) bond motifs is 3. The minimum absolute atomic E-state index is 0.762. The van der Waals surface area contributed by atoms with Crippen molar-refractivity contribution in [3.05, 3.63) is 249 Å². The van der Waals surface area contributed by atoms with Crippen molar-refractivity contribution in [1.82, 2.24) is 29.9 Å². The fraction of sp³-hybridized carbons (Fsp3) is 0.143. The number of aryl methyl sites for hydroxylation is 9. The van der Waals surface area contributed by atoms with Gasteiger partial charge in [0, 0.05) is 32.0 Å². The maximum absolute atomic E-state index is 6.04.